The Labute approximate surface area is 124 Å². The Balaban J connectivity index is 2.10. The molecule has 0 amide bonds. The summed E-state index contributed by atoms with van der Waals surface area (Å²) in [6.07, 6.45) is 5.25. The molecule has 1 fully saturated rings. The van der Waals surface area contributed by atoms with Gasteiger partial charge in [0.15, 0.2) is 0 Å². The van der Waals surface area contributed by atoms with Gasteiger partial charge in [0.1, 0.15) is 0 Å². The van der Waals surface area contributed by atoms with E-state index >= 15 is 0 Å². The number of nitrogens with zero attached hydrogens (tertiary/aromatic N) is 1. The molecule has 0 aliphatic heterocycles. The fourth-order valence-corrected chi connectivity index (χ4v) is 3.52. The van der Waals surface area contributed by atoms with Crippen molar-refractivity contribution >= 4 is 0 Å². The summed E-state index contributed by atoms with van der Waals surface area (Å²) in [5.74, 6) is 0. The molecule has 0 spiro atoms. The average Bonchev–Trinajstić information content (AvgIpc) is 2.41. The molecule has 1 aromatic carbocycles. The standard InChI is InChI=1S/C18H30N2/c1-14-7-5-6-8-16(14)17(13-19)20(4)15-9-11-18(2,3)12-10-15/h5-8,15,17H,9-13,19H2,1-4H3. The summed E-state index contributed by atoms with van der Waals surface area (Å²) in [5.41, 5.74) is 9.36. The quantitative estimate of drug-likeness (QED) is 0.902. The highest BCUT2D eigenvalue weighted by Gasteiger charge is 2.31. The van der Waals surface area contributed by atoms with E-state index in [0.29, 0.717) is 24.0 Å². The van der Waals surface area contributed by atoms with Gasteiger partial charge in [0.25, 0.3) is 0 Å². The Morgan fingerprint density at radius 2 is 1.85 bits per heavy atom. The van der Waals surface area contributed by atoms with Crippen LogP contribution < -0.4 is 5.73 Å². The topological polar surface area (TPSA) is 29.3 Å². The summed E-state index contributed by atoms with van der Waals surface area (Å²) in [5, 5.41) is 0. The van der Waals surface area contributed by atoms with Crippen LogP contribution in [0.2, 0.25) is 0 Å². The second-order valence-corrected chi connectivity index (χ2v) is 7.17. The maximum absolute atomic E-state index is 6.09. The zero-order valence-electron chi connectivity index (χ0n) is 13.5. The molecule has 0 heterocycles. The molecular weight excluding hydrogens is 244 g/mol. The van der Waals surface area contributed by atoms with E-state index in [1.165, 1.54) is 36.8 Å². The second kappa shape index (κ2) is 6.28. The molecule has 2 heteroatoms. The van der Waals surface area contributed by atoms with Crippen molar-refractivity contribution < 1.29 is 0 Å². The minimum Gasteiger partial charge on any atom is -0.329 e. The smallest absolute Gasteiger partial charge is 0.0472 e. The molecule has 112 valence electrons. The van der Waals surface area contributed by atoms with Crippen LogP contribution in [0.3, 0.4) is 0 Å². The maximum atomic E-state index is 6.09. The first-order valence-electron chi connectivity index (χ1n) is 7.92. The Kier molecular flexibility index (Phi) is 4.87. The van der Waals surface area contributed by atoms with Gasteiger partial charge in [-0.2, -0.15) is 0 Å². The van der Waals surface area contributed by atoms with Crippen LogP contribution in [0.4, 0.5) is 0 Å². The summed E-state index contributed by atoms with van der Waals surface area (Å²) in [7, 11) is 2.26. The number of aryl methyl sites for hydroxylation is 1. The minimum absolute atomic E-state index is 0.349. The van der Waals surface area contributed by atoms with E-state index in [-0.39, 0.29) is 0 Å². The van der Waals surface area contributed by atoms with Gasteiger partial charge in [-0.1, -0.05) is 38.1 Å². The Morgan fingerprint density at radius 1 is 1.25 bits per heavy atom. The van der Waals surface area contributed by atoms with E-state index in [1.54, 1.807) is 0 Å². The van der Waals surface area contributed by atoms with Crippen molar-refractivity contribution in [1.29, 1.82) is 0 Å². The molecule has 0 bridgehead atoms. The van der Waals surface area contributed by atoms with Gasteiger partial charge in [-0.3, -0.25) is 4.90 Å². The van der Waals surface area contributed by atoms with E-state index in [1.807, 2.05) is 0 Å². The van der Waals surface area contributed by atoms with Crippen LogP contribution in [0, 0.1) is 12.3 Å². The lowest BCUT2D eigenvalue weighted by Gasteiger charge is -2.42. The molecule has 2 N–H and O–H groups in total. The first-order valence-corrected chi connectivity index (χ1v) is 7.92. The summed E-state index contributed by atoms with van der Waals surface area (Å²) in [6.45, 7) is 7.67. The minimum atomic E-state index is 0.349. The zero-order valence-corrected chi connectivity index (χ0v) is 13.5. The van der Waals surface area contributed by atoms with E-state index in [9.17, 15) is 0 Å². The molecule has 20 heavy (non-hydrogen) atoms. The van der Waals surface area contributed by atoms with Gasteiger partial charge >= 0.3 is 0 Å². The predicted octanol–water partition coefficient (Wildman–Crippen LogP) is 3.90. The van der Waals surface area contributed by atoms with Crippen molar-refractivity contribution in [3.05, 3.63) is 35.4 Å². The largest absolute Gasteiger partial charge is 0.329 e. The van der Waals surface area contributed by atoms with Gasteiger partial charge in [-0.05, 0) is 56.2 Å². The third-order valence-electron chi connectivity index (χ3n) is 5.15. The summed E-state index contributed by atoms with van der Waals surface area (Å²) in [6, 6.07) is 9.68. The van der Waals surface area contributed by atoms with E-state index in [4.69, 9.17) is 5.73 Å². The molecule has 0 aromatic heterocycles. The fourth-order valence-electron chi connectivity index (χ4n) is 3.52. The number of hydrogen-bond acceptors (Lipinski definition) is 2. The van der Waals surface area contributed by atoms with Crippen LogP contribution in [-0.2, 0) is 0 Å². The van der Waals surface area contributed by atoms with Crippen molar-refractivity contribution in [1.82, 2.24) is 4.90 Å². The highest BCUT2D eigenvalue weighted by Crippen LogP contribution is 2.38. The zero-order chi connectivity index (χ0) is 14.8. The van der Waals surface area contributed by atoms with Gasteiger partial charge in [-0.25, -0.2) is 0 Å². The Morgan fingerprint density at radius 3 is 2.40 bits per heavy atom. The molecule has 2 rings (SSSR count). The number of rotatable bonds is 4. The van der Waals surface area contributed by atoms with Crippen LogP contribution in [0.15, 0.2) is 24.3 Å². The lowest BCUT2D eigenvalue weighted by atomic mass is 9.75. The Hall–Kier alpha value is -0.860. The van der Waals surface area contributed by atoms with Crippen molar-refractivity contribution in [3.63, 3.8) is 0 Å². The average molecular weight is 274 g/mol. The van der Waals surface area contributed by atoms with E-state index in [2.05, 4.69) is 57.0 Å². The third kappa shape index (κ3) is 3.42. The highest BCUT2D eigenvalue weighted by molar-refractivity contribution is 5.29. The van der Waals surface area contributed by atoms with Crippen LogP contribution in [0.25, 0.3) is 0 Å². The van der Waals surface area contributed by atoms with Gasteiger partial charge in [0.2, 0.25) is 0 Å². The lowest BCUT2D eigenvalue weighted by molar-refractivity contribution is 0.0964. The van der Waals surface area contributed by atoms with Gasteiger partial charge in [0.05, 0.1) is 0 Å². The third-order valence-corrected chi connectivity index (χ3v) is 5.15. The molecule has 2 nitrogen and oxygen atoms in total. The van der Waals surface area contributed by atoms with E-state index < -0.39 is 0 Å². The SMILES string of the molecule is Cc1ccccc1C(CN)N(C)C1CCC(C)(C)CC1. The second-order valence-electron chi connectivity index (χ2n) is 7.17. The lowest BCUT2D eigenvalue weighted by Crippen LogP contribution is -2.42. The normalized spacial score (nSPS) is 21.1. The van der Waals surface area contributed by atoms with Gasteiger partial charge in [0, 0.05) is 18.6 Å². The van der Waals surface area contributed by atoms with Crippen molar-refractivity contribution in [2.75, 3.05) is 13.6 Å². The molecular formula is C18H30N2. The first kappa shape index (κ1) is 15.5. The number of benzene rings is 1. The summed E-state index contributed by atoms with van der Waals surface area (Å²) in [4.78, 5) is 2.53. The molecule has 1 atom stereocenters. The summed E-state index contributed by atoms with van der Waals surface area (Å²) >= 11 is 0. The monoisotopic (exact) mass is 274 g/mol. The number of nitrogens with two attached hydrogens (primary N) is 1. The number of hydrogen-bond donors (Lipinski definition) is 1. The van der Waals surface area contributed by atoms with Crippen LogP contribution in [-0.4, -0.2) is 24.5 Å². The molecule has 1 aromatic rings. The highest BCUT2D eigenvalue weighted by atomic mass is 15.2. The molecule has 1 aliphatic rings. The van der Waals surface area contributed by atoms with Crippen LogP contribution in [0.1, 0.15) is 56.7 Å². The molecule has 1 unspecified atom stereocenters. The molecule has 0 saturated heterocycles. The number of likely N-dealkylation sites (N-methyl/N-ethyl adjacent to an activating group) is 1. The van der Waals surface area contributed by atoms with Crippen LogP contribution >= 0.6 is 0 Å². The van der Waals surface area contributed by atoms with Crippen molar-refractivity contribution in [3.8, 4) is 0 Å². The molecule has 1 saturated carbocycles. The fraction of sp³-hybridized carbons (Fsp3) is 0.667. The van der Waals surface area contributed by atoms with Crippen LogP contribution in [0.5, 0.6) is 0 Å². The Bertz CT molecular complexity index is 429. The van der Waals surface area contributed by atoms with Gasteiger partial charge < -0.3 is 5.73 Å². The first-order chi connectivity index (χ1) is 9.44. The van der Waals surface area contributed by atoms with Gasteiger partial charge in [-0.15, -0.1) is 0 Å². The van der Waals surface area contributed by atoms with Crippen molar-refractivity contribution in [2.24, 2.45) is 11.1 Å². The molecule has 0 radical (unpaired) electrons. The maximum Gasteiger partial charge on any atom is 0.0472 e. The van der Waals surface area contributed by atoms with Crippen molar-refractivity contribution in [2.45, 2.75) is 58.5 Å². The summed E-state index contributed by atoms with van der Waals surface area (Å²) < 4.78 is 0. The molecule has 1 aliphatic carbocycles. The van der Waals surface area contributed by atoms with E-state index in [0.717, 1.165) is 0 Å². The predicted molar refractivity (Wildman–Crippen MR) is 86.8 cm³/mol.